The molecular formula is C24H27N9O2S. The van der Waals surface area contributed by atoms with E-state index in [0.29, 0.717) is 30.3 Å². The molecule has 11 nitrogen and oxygen atoms in total. The molecule has 1 aliphatic carbocycles. The van der Waals surface area contributed by atoms with Crippen LogP contribution in [0.4, 0.5) is 16.6 Å². The zero-order valence-electron chi connectivity index (χ0n) is 19.8. The van der Waals surface area contributed by atoms with Gasteiger partial charge in [-0.25, -0.2) is 14.5 Å². The smallest absolute Gasteiger partial charge is 0.261 e. The van der Waals surface area contributed by atoms with E-state index in [4.69, 9.17) is 25.4 Å². The van der Waals surface area contributed by atoms with Crippen molar-refractivity contribution in [1.29, 1.82) is 0 Å². The minimum atomic E-state index is -0.242. The summed E-state index contributed by atoms with van der Waals surface area (Å²) in [5.41, 5.74) is 9.43. The fourth-order valence-corrected chi connectivity index (χ4v) is 5.90. The minimum Gasteiger partial charge on any atom is -0.378 e. The number of thiazole rings is 1. The average molecular weight is 506 g/mol. The summed E-state index contributed by atoms with van der Waals surface area (Å²) in [6.07, 6.45) is 6.49. The molecule has 1 atom stereocenters. The van der Waals surface area contributed by atoms with Gasteiger partial charge in [0, 0.05) is 44.3 Å². The van der Waals surface area contributed by atoms with E-state index in [1.54, 1.807) is 22.0 Å². The Labute approximate surface area is 211 Å². The summed E-state index contributed by atoms with van der Waals surface area (Å²) in [6.45, 7) is 4.68. The van der Waals surface area contributed by atoms with E-state index in [0.717, 1.165) is 78.1 Å². The maximum atomic E-state index is 13.5. The van der Waals surface area contributed by atoms with Gasteiger partial charge in [-0.1, -0.05) is 11.3 Å². The molecule has 6 heterocycles. The molecule has 0 radical (unpaired) electrons. The van der Waals surface area contributed by atoms with Gasteiger partial charge >= 0.3 is 0 Å². The molecule has 0 aromatic carbocycles. The van der Waals surface area contributed by atoms with E-state index in [9.17, 15) is 4.79 Å². The van der Waals surface area contributed by atoms with Crippen molar-refractivity contribution in [3.63, 3.8) is 0 Å². The number of fused-ring (bicyclic) bond motifs is 2. The number of pyridine rings is 1. The number of nitrogens with one attached hydrogen (secondary N) is 1. The van der Waals surface area contributed by atoms with Gasteiger partial charge in [0.15, 0.2) is 16.4 Å². The zero-order valence-corrected chi connectivity index (χ0v) is 20.6. The highest BCUT2D eigenvalue weighted by atomic mass is 32.1. The Balaban J connectivity index is 1.20. The minimum absolute atomic E-state index is 0.148. The van der Waals surface area contributed by atoms with E-state index in [2.05, 4.69) is 20.2 Å². The van der Waals surface area contributed by atoms with Gasteiger partial charge in [-0.2, -0.15) is 10.1 Å². The molecule has 186 valence electrons. The Morgan fingerprint density at radius 3 is 2.75 bits per heavy atom. The van der Waals surface area contributed by atoms with Crippen molar-refractivity contribution < 1.29 is 9.53 Å². The largest absolute Gasteiger partial charge is 0.378 e. The number of nitrogens with two attached hydrogens (primary N) is 1. The number of amides is 1. The highest BCUT2D eigenvalue weighted by Crippen LogP contribution is 2.44. The number of rotatable bonds is 5. The molecule has 0 bridgehead atoms. The van der Waals surface area contributed by atoms with Crippen LogP contribution in [0.5, 0.6) is 0 Å². The summed E-state index contributed by atoms with van der Waals surface area (Å²) in [5, 5.41) is 8.42. The van der Waals surface area contributed by atoms with Crippen LogP contribution in [-0.2, 0) is 4.74 Å². The van der Waals surface area contributed by atoms with Crippen LogP contribution >= 0.6 is 11.3 Å². The zero-order chi connectivity index (χ0) is 24.2. The van der Waals surface area contributed by atoms with E-state index < -0.39 is 0 Å². The molecule has 2 aliphatic heterocycles. The molecule has 0 spiro atoms. The SMILES string of the molecule is NC1CCN(c2ccn3ncc(C(=O)Nc4cc5sc(N6CCOCC6)nc5nc4C4CC4)c3n2)C1. The Morgan fingerprint density at radius 2 is 1.97 bits per heavy atom. The second-order valence-corrected chi connectivity index (χ2v) is 10.7. The first-order chi connectivity index (χ1) is 17.6. The van der Waals surface area contributed by atoms with Crippen LogP contribution in [-0.4, -0.2) is 75.9 Å². The van der Waals surface area contributed by atoms with E-state index in [1.165, 1.54) is 0 Å². The number of anilines is 3. The predicted octanol–water partition coefficient (Wildman–Crippen LogP) is 2.24. The van der Waals surface area contributed by atoms with Crippen molar-refractivity contribution >= 4 is 49.9 Å². The maximum absolute atomic E-state index is 13.5. The molecule has 1 amide bonds. The first kappa shape index (κ1) is 21.9. The standard InChI is InChI=1S/C24H27N9O2S/c25-15-3-5-32(13-15)19-4-6-33-22(28-19)16(12-26-33)23(34)27-17-11-18-21(29-20(17)14-1-2-14)30-24(36-18)31-7-9-35-10-8-31/h4,6,11-12,14-15H,1-3,5,7-10,13,25H2,(H,27,34). The Morgan fingerprint density at radius 1 is 1.11 bits per heavy atom. The summed E-state index contributed by atoms with van der Waals surface area (Å²) >= 11 is 1.60. The Hall–Kier alpha value is -3.35. The number of morpholine rings is 1. The van der Waals surface area contributed by atoms with E-state index >= 15 is 0 Å². The van der Waals surface area contributed by atoms with E-state index in [-0.39, 0.29) is 11.9 Å². The van der Waals surface area contributed by atoms with Gasteiger partial charge in [0.2, 0.25) is 0 Å². The van der Waals surface area contributed by atoms with Gasteiger partial charge in [-0.3, -0.25) is 4.79 Å². The molecular weight excluding hydrogens is 478 g/mol. The van der Waals surface area contributed by atoms with Crippen molar-refractivity contribution in [2.75, 3.05) is 54.5 Å². The van der Waals surface area contributed by atoms with Crippen LogP contribution in [0.3, 0.4) is 0 Å². The number of ether oxygens (including phenoxy) is 1. The molecule has 3 fully saturated rings. The summed E-state index contributed by atoms with van der Waals surface area (Å²) in [4.78, 5) is 32.3. The monoisotopic (exact) mass is 505 g/mol. The first-order valence-electron chi connectivity index (χ1n) is 12.4. The van der Waals surface area contributed by atoms with Crippen molar-refractivity contribution in [1.82, 2.24) is 24.6 Å². The number of hydrogen-bond donors (Lipinski definition) is 2. The molecule has 4 aromatic rings. The number of nitrogens with zero attached hydrogens (tertiary/aromatic N) is 7. The fourth-order valence-electron chi connectivity index (χ4n) is 4.90. The van der Waals surface area contributed by atoms with Gasteiger partial charge < -0.3 is 25.6 Å². The lowest BCUT2D eigenvalue weighted by Crippen LogP contribution is -2.36. The lowest BCUT2D eigenvalue weighted by Gasteiger charge is -2.25. The molecule has 1 unspecified atom stereocenters. The third kappa shape index (κ3) is 3.94. The second kappa shape index (κ2) is 8.64. The quantitative estimate of drug-likeness (QED) is 0.420. The average Bonchev–Trinajstić information content (AvgIpc) is 3.30. The van der Waals surface area contributed by atoms with Gasteiger partial charge in [0.25, 0.3) is 5.91 Å². The summed E-state index contributed by atoms with van der Waals surface area (Å²) in [6, 6.07) is 4.08. The number of carbonyl (C=O) groups is 1. The highest BCUT2D eigenvalue weighted by Gasteiger charge is 2.30. The molecule has 1 saturated carbocycles. The lowest BCUT2D eigenvalue weighted by atomic mass is 10.2. The van der Waals surface area contributed by atoms with Crippen LogP contribution in [0.15, 0.2) is 24.5 Å². The van der Waals surface area contributed by atoms with Crippen LogP contribution < -0.4 is 20.9 Å². The molecule has 3 N–H and O–H groups in total. The molecule has 2 saturated heterocycles. The van der Waals surface area contributed by atoms with Crippen LogP contribution in [0.2, 0.25) is 0 Å². The van der Waals surface area contributed by atoms with Crippen LogP contribution in [0, 0.1) is 0 Å². The highest BCUT2D eigenvalue weighted by molar-refractivity contribution is 7.22. The van der Waals surface area contributed by atoms with Crippen molar-refractivity contribution in [3.8, 4) is 0 Å². The van der Waals surface area contributed by atoms with Gasteiger partial charge in [-0.15, -0.1) is 0 Å². The molecule has 4 aromatic heterocycles. The summed E-state index contributed by atoms with van der Waals surface area (Å²) in [5.74, 6) is 0.923. The fraction of sp³-hybridized carbons (Fsp3) is 0.458. The van der Waals surface area contributed by atoms with Crippen molar-refractivity contribution in [2.24, 2.45) is 5.73 Å². The second-order valence-electron chi connectivity index (χ2n) is 9.67. The van der Waals surface area contributed by atoms with Gasteiger partial charge in [0.1, 0.15) is 11.4 Å². The van der Waals surface area contributed by atoms with Gasteiger partial charge in [-0.05, 0) is 31.4 Å². The molecule has 3 aliphatic rings. The van der Waals surface area contributed by atoms with E-state index in [1.807, 2.05) is 18.3 Å². The van der Waals surface area contributed by atoms with Gasteiger partial charge in [0.05, 0.1) is 35.5 Å². The summed E-state index contributed by atoms with van der Waals surface area (Å²) in [7, 11) is 0. The number of carbonyl (C=O) groups excluding carboxylic acids is 1. The van der Waals surface area contributed by atoms with Crippen molar-refractivity contribution in [3.05, 3.63) is 35.8 Å². The lowest BCUT2D eigenvalue weighted by molar-refractivity contribution is 0.102. The first-order valence-corrected chi connectivity index (χ1v) is 13.2. The molecule has 7 rings (SSSR count). The van der Waals surface area contributed by atoms with Crippen LogP contribution in [0.1, 0.15) is 41.2 Å². The predicted molar refractivity (Wildman–Crippen MR) is 138 cm³/mol. The third-order valence-electron chi connectivity index (χ3n) is 7.04. The summed E-state index contributed by atoms with van der Waals surface area (Å²) < 4.78 is 8.07. The van der Waals surface area contributed by atoms with Crippen LogP contribution in [0.25, 0.3) is 16.0 Å². The number of aromatic nitrogens is 5. The Bertz CT molecular complexity index is 1460. The van der Waals surface area contributed by atoms with Crippen molar-refractivity contribution in [2.45, 2.75) is 31.2 Å². The molecule has 12 heteroatoms. The molecule has 36 heavy (non-hydrogen) atoms. The Kier molecular flexibility index (Phi) is 5.26. The third-order valence-corrected chi connectivity index (χ3v) is 8.09. The topological polar surface area (TPSA) is 127 Å². The maximum Gasteiger partial charge on any atom is 0.261 e. The normalized spacial score (nSPS) is 20.5. The number of hydrogen-bond acceptors (Lipinski definition) is 10.